The van der Waals surface area contributed by atoms with Crippen LogP contribution in [0.4, 0.5) is 4.39 Å². The third kappa shape index (κ3) is 0.898. The molecule has 1 aliphatic rings. The molecule has 1 atom stereocenters. The average molecular weight is 167 g/mol. The molecule has 1 unspecified atom stereocenters. The molecule has 1 aromatic rings. The second kappa shape index (κ2) is 2.45. The first-order valence-electron chi connectivity index (χ1n) is 3.96. The summed E-state index contributed by atoms with van der Waals surface area (Å²) in [6.07, 6.45) is 1.48. The van der Waals surface area contributed by atoms with Crippen molar-refractivity contribution >= 4 is 0 Å². The summed E-state index contributed by atoms with van der Waals surface area (Å²) in [5.74, 6) is -0.775. The van der Waals surface area contributed by atoms with E-state index >= 15 is 0 Å². The number of halogens is 1. The summed E-state index contributed by atoms with van der Waals surface area (Å²) in [7, 11) is 0. The van der Waals surface area contributed by atoms with Gasteiger partial charge in [0.15, 0.2) is 11.6 Å². The molecule has 0 amide bonds. The topological polar surface area (TPSA) is 46.2 Å². The molecule has 0 saturated heterocycles. The maximum Gasteiger partial charge on any atom is 0.165 e. The Kier molecular flexibility index (Phi) is 1.54. The van der Waals surface area contributed by atoms with Gasteiger partial charge in [-0.25, -0.2) is 4.39 Å². The van der Waals surface area contributed by atoms with Crippen molar-refractivity contribution in [3.8, 4) is 5.75 Å². The molecule has 3 heteroatoms. The second-order valence-electron chi connectivity index (χ2n) is 3.11. The number of rotatable bonds is 0. The molecule has 0 bridgehead atoms. The van der Waals surface area contributed by atoms with Gasteiger partial charge in [-0.05, 0) is 24.5 Å². The van der Waals surface area contributed by atoms with Crippen LogP contribution in [0.3, 0.4) is 0 Å². The summed E-state index contributed by atoms with van der Waals surface area (Å²) in [5, 5.41) is 9.31. The molecule has 12 heavy (non-hydrogen) atoms. The third-order valence-electron chi connectivity index (χ3n) is 2.37. The van der Waals surface area contributed by atoms with E-state index in [0.717, 1.165) is 12.0 Å². The summed E-state index contributed by atoms with van der Waals surface area (Å²) in [5.41, 5.74) is 7.30. The number of nitrogens with two attached hydrogens (primary N) is 1. The average Bonchev–Trinajstić information content (AvgIpc) is 2.41. The molecular weight excluding hydrogens is 157 g/mol. The number of aromatic hydroxyl groups is 1. The van der Waals surface area contributed by atoms with Crippen LogP contribution in [0, 0.1) is 5.82 Å². The van der Waals surface area contributed by atoms with Gasteiger partial charge in [0.2, 0.25) is 0 Å². The Labute approximate surface area is 69.8 Å². The zero-order valence-electron chi connectivity index (χ0n) is 6.55. The second-order valence-corrected chi connectivity index (χ2v) is 3.11. The van der Waals surface area contributed by atoms with E-state index in [-0.39, 0.29) is 11.8 Å². The van der Waals surface area contributed by atoms with Gasteiger partial charge < -0.3 is 10.8 Å². The standard InChI is InChI=1S/C9H10FNO/c10-7-3-1-5-6(9(7)12)2-4-8(5)11/h1,3,8,12H,2,4,11H2. The van der Waals surface area contributed by atoms with Gasteiger partial charge in [-0.15, -0.1) is 0 Å². The van der Waals surface area contributed by atoms with E-state index in [9.17, 15) is 9.50 Å². The van der Waals surface area contributed by atoms with Crippen LogP contribution in [0.25, 0.3) is 0 Å². The van der Waals surface area contributed by atoms with Crippen molar-refractivity contribution in [1.29, 1.82) is 0 Å². The van der Waals surface area contributed by atoms with Crippen LogP contribution >= 0.6 is 0 Å². The van der Waals surface area contributed by atoms with Gasteiger partial charge in [-0.2, -0.15) is 0 Å². The van der Waals surface area contributed by atoms with Gasteiger partial charge in [0.1, 0.15) is 0 Å². The summed E-state index contributed by atoms with van der Waals surface area (Å²) < 4.78 is 12.8. The Morgan fingerprint density at radius 2 is 2.25 bits per heavy atom. The lowest BCUT2D eigenvalue weighted by Gasteiger charge is -2.05. The number of hydrogen-bond acceptors (Lipinski definition) is 2. The molecule has 2 nitrogen and oxygen atoms in total. The zero-order valence-corrected chi connectivity index (χ0v) is 6.55. The molecule has 2 rings (SSSR count). The fourth-order valence-electron chi connectivity index (χ4n) is 1.69. The predicted octanol–water partition coefficient (Wildman–Crippen LogP) is 1.48. The van der Waals surface area contributed by atoms with E-state index < -0.39 is 5.82 Å². The van der Waals surface area contributed by atoms with Crippen LogP contribution in [0.2, 0.25) is 0 Å². The van der Waals surface area contributed by atoms with Crippen LogP contribution in [0.5, 0.6) is 5.75 Å². The van der Waals surface area contributed by atoms with E-state index in [1.54, 1.807) is 6.07 Å². The van der Waals surface area contributed by atoms with Crippen LogP contribution in [-0.4, -0.2) is 5.11 Å². The number of phenolic OH excluding ortho intramolecular Hbond substituents is 1. The fourth-order valence-corrected chi connectivity index (χ4v) is 1.69. The predicted molar refractivity (Wildman–Crippen MR) is 43.3 cm³/mol. The SMILES string of the molecule is NC1CCc2c1ccc(F)c2O. The van der Waals surface area contributed by atoms with E-state index in [1.807, 2.05) is 0 Å². The Morgan fingerprint density at radius 1 is 1.50 bits per heavy atom. The smallest absolute Gasteiger partial charge is 0.165 e. The normalized spacial score (nSPS) is 21.0. The van der Waals surface area contributed by atoms with Gasteiger partial charge in [0.05, 0.1) is 0 Å². The van der Waals surface area contributed by atoms with E-state index in [4.69, 9.17) is 5.73 Å². The van der Waals surface area contributed by atoms with Crippen LogP contribution in [-0.2, 0) is 6.42 Å². The molecule has 0 aliphatic heterocycles. The first-order chi connectivity index (χ1) is 5.70. The molecule has 3 N–H and O–H groups in total. The molecule has 0 radical (unpaired) electrons. The van der Waals surface area contributed by atoms with E-state index in [1.165, 1.54) is 6.07 Å². The summed E-state index contributed by atoms with van der Waals surface area (Å²) in [6, 6.07) is 2.88. The van der Waals surface area contributed by atoms with Crippen LogP contribution < -0.4 is 5.73 Å². The largest absolute Gasteiger partial charge is 0.505 e. The minimum Gasteiger partial charge on any atom is -0.505 e. The lowest BCUT2D eigenvalue weighted by Crippen LogP contribution is -2.04. The molecule has 64 valence electrons. The monoisotopic (exact) mass is 167 g/mol. The van der Waals surface area contributed by atoms with Crippen molar-refractivity contribution in [2.75, 3.05) is 0 Å². The Morgan fingerprint density at radius 3 is 3.00 bits per heavy atom. The van der Waals surface area contributed by atoms with Gasteiger partial charge in [0.25, 0.3) is 0 Å². The Balaban J connectivity index is 2.60. The highest BCUT2D eigenvalue weighted by molar-refractivity contribution is 5.44. The molecule has 0 spiro atoms. The highest BCUT2D eigenvalue weighted by Gasteiger charge is 2.23. The first-order valence-corrected chi connectivity index (χ1v) is 3.96. The molecule has 0 saturated carbocycles. The highest BCUT2D eigenvalue weighted by Crippen LogP contribution is 2.36. The maximum absolute atomic E-state index is 12.8. The molecule has 0 fully saturated rings. The van der Waals surface area contributed by atoms with Crippen molar-refractivity contribution in [3.05, 3.63) is 29.1 Å². The number of phenols is 1. The molecule has 1 aromatic carbocycles. The van der Waals surface area contributed by atoms with Crippen molar-refractivity contribution in [3.63, 3.8) is 0 Å². The third-order valence-corrected chi connectivity index (χ3v) is 2.37. The Bertz CT molecular complexity index is 325. The van der Waals surface area contributed by atoms with Gasteiger partial charge in [-0.3, -0.25) is 0 Å². The zero-order chi connectivity index (χ0) is 8.72. The minimum atomic E-state index is -0.553. The number of benzene rings is 1. The van der Waals surface area contributed by atoms with Gasteiger partial charge >= 0.3 is 0 Å². The van der Waals surface area contributed by atoms with Crippen molar-refractivity contribution in [2.24, 2.45) is 5.73 Å². The molecule has 0 aromatic heterocycles. The van der Waals surface area contributed by atoms with Crippen molar-refractivity contribution in [2.45, 2.75) is 18.9 Å². The van der Waals surface area contributed by atoms with Crippen molar-refractivity contribution in [1.82, 2.24) is 0 Å². The maximum atomic E-state index is 12.8. The molecule has 1 aliphatic carbocycles. The fraction of sp³-hybridized carbons (Fsp3) is 0.333. The lowest BCUT2D eigenvalue weighted by atomic mass is 10.1. The molecule has 0 heterocycles. The van der Waals surface area contributed by atoms with E-state index in [0.29, 0.717) is 12.0 Å². The molecular formula is C9H10FNO. The van der Waals surface area contributed by atoms with Gasteiger partial charge in [0, 0.05) is 11.6 Å². The minimum absolute atomic E-state index is 0.0356. The highest BCUT2D eigenvalue weighted by atomic mass is 19.1. The van der Waals surface area contributed by atoms with Crippen LogP contribution in [0.1, 0.15) is 23.6 Å². The Hall–Kier alpha value is -1.09. The van der Waals surface area contributed by atoms with Gasteiger partial charge in [-0.1, -0.05) is 6.07 Å². The van der Waals surface area contributed by atoms with Crippen molar-refractivity contribution < 1.29 is 9.50 Å². The van der Waals surface area contributed by atoms with Crippen LogP contribution in [0.15, 0.2) is 12.1 Å². The summed E-state index contributed by atoms with van der Waals surface area (Å²) in [4.78, 5) is 0. The first kappa shape index (κ1) is 7.55. The number of hydrogen-bond donors (Lipinski definition) is 2. The number of fused-ring (bicyclic) bond motifs is 1. The van der Waals surface area contributed by atoms with E-state index in [2.05, 4.69) is 0 Å². The summed E-state index contributed by atoms with van der Waals surface area (Å²) in [6.45, 7) is 0. The quantitative estimate of drug-likeness (QED) is 0.614. The summed E-state index contributed by atoms with van der Waals surface area (Å²) >= 11 is 0. The lowest BCUT2D eigenvalue weighted by molar-refractivity contribution is 0.427.